The van der Waals surface area contributed by atoms with E-state index >= 15 is 0 Å². The third kappa shape index (κ3) is 2.69. The maximum Gasteiger partial charge on any atom is 0.229 e. The van der Waals surface area contributed by atoms with Crippen molar-refractivity contribution in [3.05, 3.63) is 11.6 Å². The summed E-state index contributed by atoms with van der Waals surface area (Å²) < 4.78 is 5.28. The van der Waals surface area contributed by atoms with Gasteiger partial charge >= 0.3 is 0 Å². The van der Waals surface area contributed by atoms with Crippen molar-refractivity contribution in [3.8, 4) is 0 Å². The van der Waals surface area contributed by atoms with Crippen LogP contribution < -0.4 is 11.1 Å². The summed E-state index contributed by atoms with van der Waals surface area (Å²) in [5.74, 6) is 0.0288. The van der Waals surface area contributed by atoms with Crippen LogP contribution in [0.2, 0.25) is 0 Å². The summed E-state index contributed by atoms with van der Waals surface area (Å²) in [5, 5.41) is 2.98. The van der Waals surface area contributed by atoms with Gasteiger partial charge in [0.2, 0.25) is 5.91 Å². The van der Waals surface area contributed by atoms with Crippen molar-refractivity contribution in [2.24, 2.45) is 11.1 Å². The molecule has 3 N–H and O–H groups in total. The van der Waals surface area contributed by atoms with E-state index in [2.05, 4.69) is 11.4 Å². The van der Waals surface area contributed by atoms with Crippen LogP contribution in [0.25, 0.3) is 0 Å². The van der Waals surface area contributed by atoms with Gasteiger partial charge in [-0.2, -0.15) is 0 Å². The lowest BCUT2D eigenvalue weighted by molar-refractivity contribution is -0.130. The van der Waals surface area contributed by atoms with Crippen LogP contribution >= 0.6 is 0 Å². The molecule has 0 spiro atoms. The first-order valence-electron chi connectivity index (χ1n) is 6.42. The van der Waals surface area contributed by atoms with Crippen molar-refractivity contribution < 1.29 is 9.53 Å². The number of carbonyl (C=O) groups is 1. The minimum Gasteiger partial charge on any atom is -0.379 e. The zero-order valence-corrected chi connectivity index (χ0v) is 10.5. The minimum absolute atomic E-state index is 0.0288. The smallest absolute Gasteiger partial charge is 0.229 e. The topological polar surface area (TPSA) is 64.3 Å². The molecule has 17 heavy (non-hydrogen) atoms. The lowest BCUT2D eigenvalue weighted by Crippen LogP contribution is -2.50. The van der Waals surface area contributed by atoms with E-state index in [-0.39, 0.29) is 11.9 Å². The average molecular weight is 238 g/mol. The van der Waals surface area contributed by atoms with Crippen LogP contribution in [0.3, 0.4) is 0 Å². The Morgan fingerprint density at radius 3 is 3.12 bits per heavy atom. The molecule has 4 nitrogen and oxygen atoms in total. The summed E-state index contributed by atoms with van der Waals surface area (Å²) in [6.45, 7) is 3.51. The van der Waals surface area contributed by atoms with Crippen LogP contribution in [0.5, 0.6) is 0 Å². The summed E-state index contributed by atoms with van der Waals surface area (Å²) in [5.41, 5.74) is 6.83. The van der Waals surface area contributed by atoms with Gasteiger partial charge in [0.15, 0.2) is 0 Å². The molecule has 1 heterocycles. The van der Waals surface area contributed by atoms with E-state index in [4.69, 9.17) is 10.5 Å². The molecule has 1 aliphatic carbocycles. The number of hydrogen-bond acceptors (Lipinski definition) is 3. The molecule has 0 aromatic carbocycles. The molecular formula is C13H22N2O2. The van der Waals surface area contributed by atoms with Crippen molar-refractivity contribution in [2.45, 2.75) is 38.6 Å². The van der Waals surface area contributed by atoms with Crippen LogP contribution in [-0.2, 0) is 9.53 Å². The number of ether oxygens (including phenoxy) is 1. The van der Waals surface area contributed by atoms with E-state index in [9.17, 15) is 4.79 Å². The van der Waals surface area contributed by atoms with E-state index in [1.165, 1.54) is 24.8 Å². The molecule has 1 saturated heterocycles. The Labute approximate surface area is 103 Å². The highest BCUT2D eigenvalue weighted by Gasteiger charge is 2.44. The molecule has 0 bridgehead atoms. The number of rotatable bonds is 4. The molecule has 4 heteroatoms. The van der Waals surface area contributed by atoms with Crippen LogP contribution in [0.1, 0.15) is 32.6 Å². The largest absolute Gasteiger partial charge is 0.379 e. The van der Waals surface area contributed by atoms with E-state index in [1.54, 1.807) is 0 Å². The van der Waals surface area contributed by atoms with Crippen molar-refractivity contribution in [1.82, 2.24) is 5.32 Å². The quantitative estimate of drug-likeness (QED) is 0.717. The number of allylic oxidation sites excluding steroid dienone is 1. The predicted octanol–water partition coefficient (Wildman–Crippen LogP) is 0.967. The highest BCUT2D eigenvalue weighted by atomic mass is 16.5. The second kappa shape index (κ2) is 5.19. The molecule has 1 amide bonds. The molecule has 2 rings (SSSR count). The maximum absolute atomic E-state index is 12.1. The molecular weight excluding hydrogens is 216 g/mol. The highest BCUT2D eigenvalue weighted by Crippen LogP contribution is 2.27. The van der Waals surface area contributed by atoms with Gasteiger partial charge in [-0.05, 0) is 32.6 Å². The third-order valence-corrected chi connectivity index (χ3v) is 3.90. The van der Waals surface area contributed by atoms with Crippen molar-refractivity contribution in [1.29, 1.82) is 0 Å². The molecule has 96 valence electrons. The molecule has 0 saturated carbocycles. The first-order chi connectivity index (χ1) is 8.13. The van der Waals surface area contributed by atoms with Gasteiger partial charge in [-0.3, -0.25) is 4.79 Å². The number of carbonyl (C=O) groups excluding carboxylic acids is 1. The van der Waals surface area contributed by atoms with Gasteiger partial charge < -0.3 is 15.8 Å². The van der Waals surface area contributed by atoms with Gasteiger partial charge in [-0.15, -0.1) is 0 Å². The number of hydrogen-bond donors (Lipinski definition) is 2. The summed E-state index contributed by atoms with van der Waals surface area (Å²) >= 11 is 0. The molecule has 1 aliphatic heterocycles. The second-order valence-electron chi connectivity index (χ2n) is 5.30. The molecule has 0 radical (unpaired) electrons. The number of amides is 1. The monoisotopic (exact) mass is 238 g/mol. The van der Waals surface area contributed by atoms with Gasteiger partial charge in [-0.1, -0.05) is 11.6 Å². The van der Waals surface area contributed by atoms with E-state index in [0.717, 1.165) is 6.42 Å². The SMILES string of the molecule is CC1(C(=O)NCCC2=CCCC2)COCC1N. The lowest BCUT2D eigenvalue weighted by Gasteiger charge is -2.25. The van der Waals surface area contributed by atoms with Crippen LogP contribution in [0.15, 0.2) is 11.6 Å². The standard InChI is InChI=1S/C13H22N2O2/c1-13(9-17-8-11(13)14)12(16)15-7-6-10-4-2-3-5-10/h4,11H,2-3,5-9,14H2,1H3,(H,15,16). The van der Waals surface area contributed by atoms with Crippen molar-refractivity contribution >= 4 is 5.91 Å². The third-order valence-electron chi connectivity index (χ3n) is 3.90. The number of nitrogens with one attached hydrogen (secondary N) is 1. The fraction of sp³-hybridized carbons (Fsp3) is 0.769. The molecule has 0 aromatic rings. The van der Waals surface area contributed by atoms with Crippen LogP contribution in [0.4, 0.5) is 0 Å². The second-order valence-corrected chi connectivity index (χ2v) is 5.30. The zero-order chi connectivity index (χ0) is 12.3. The van der Waals surface area contributed by atoms with Gasteiger partial charge in [0.1, 0.15) is 0 Å². The Kier molecular flexibility index (Phi) is 3.84. The van der Waals surface area contributed by atoms with Crippen molar-refractivity contribution in [3.63, 3.8) is 0 Å². The van der Waals surface area contributed by atoms with E-state index < -0.39 is 5.41 Å². The molecule has 2 unspecified atom stereocenters. The summed E-state index contributed by atoms with van der Waals surface area (Å²) in [6, 6.07) is -0.187. The highest BCUT2D eigenvalue weighted by molar-refractivity contribution is 5.83. The first-order valence-corrected chi connectivity index (χ1v) is 6.42. The molecule has 2 aliphatic rings. The van der Waals surface area contributed by atoms with Gasteiger partial charge in [-0.25, -0.2) is 0 Å². The molecule has 0 aromatic heterocycles. The molecule has 1 fully saturated rings. The Balaban J connectivity index is 1.77. The Hall–Kier alpha value is -0.870. The Morgan fingerprint density at radius 2 is 2.53 bits per heavy atom. The fourth-order valence-corrected chi connectivity index (χ4v) is 2.43. The maximum atomic E-state index is 12.1. The predicted molar refractivity (Wildman–Crippen MR) is 66.5 cm³/mol. The number of nitrogens with two attached hydrogens (primary N) is 1. The van der Waals surface area contributed by atoms with E-state index in [1.807, 2.05) is 6.92 Å². The lowest BCUT2D eigenvalue weighted by atomic mass is 9.85. The van der Waals surface area contributed by atoms with Crippen molar-refractivity contribution in [2.75, 3.05) is 19.8 Å². The van der Waals surface area contributed by atoms with Gasteiger partial charge in [0, 0.05) is 12.6 Å². The van der Waals surface area contributed by atoms with Gasteiger partial charge in [0.05, 0.1) is 18.6 Å². The normalized spacial score (nSPS) is 32.6. The minimum atomic E-state index is -0.552. The van der Waals surface area contributed by atoms with Crippen LogP contribution in [0, 0.1) is 5.41 Å². The first kappa shape index (κ1) is 12.6. The average Bonchev–Trinajstić information content (AvgIpc) is 2.91. The Bertz CT molecular complexity index is 327. The van der Waals surface area contributed by atoms with Crippen LogP contribution in [-0.4, -0.2) is 31.7 Å². The Morgan fingerprint density at radius 1 is 1.71 bits per heavy atom. The molecule has 2 atom stereocenters. The zero-order valence-electron chi connectivity index (χ0n) is 10.5. The fourth-order valence-electron chi connectivity index (χ4n) is 2.43. The summed E-state index contributed by atoms with van der Waals surface area (Å²) in [7, 11) is 0. The van der Waals surface area contributed by atoms with Gasteiger partial charge in [0.25, 0.3) is 0 Å². The summed E-state index contributed by atoms with van der Waals surface area (Å²) in [6.07, 6.45) is 6.91. The van der Waals surface area contributed by atoms with E-state index in [0.29, 0.717) is 19.8 Å². The summed E-state index contributed by atoms with van der Waals surface area (Å²) in [4.78, 5) is 12.1.